The fraction of sp³-hybridized carbons (Fsp3) is 0.273. The van der Waals surface area contributed by atoms with Crippen LogP contribution < -0.4 is 0 Å². The number of fused-ring (bicyclic) bond motifs is 1. The van der Waals surface area contributed by atoms with Crippen LogP contribution in [0.3, 0.4) is 0 Å². The maximum absolute atomic E-state index is 12.9. The second kappa shape index (κ2) is 8.03. The number of thiophene rings is 1. The summed E-state index contributed by atoms with van der Waals surface area (Å²) in [5.41, 5.74) is 2.32. The molecule has 0 N–H and O–H groups in total. The van der Waals surface area contributed by atoms with Gasteiger partial charge in [0.05, 0.1) is 12.6 Å². The van der Waals surface area contributed by atoms with Crippen molar-refractivity contribution in [3.63, 3.8) is 0 Å². The molecule has 1 unspecified atom stereocenters. The number of amides is 1. The van der Waals surface area contributed by atoms with E-state index in [9.17, 15) is 9.59 Å². The number of hydrogen-bond donors (Lipinski definition) is 0. The lowest BCUT2D eigenvalue weighted by molar-refractivity contribution is -0.142. The number of nitrogens with zero attached hydrogens (tertiary/aromatic N) is 1. The summed E-state index contributed by atoms with van der Waals surface area (Å²) in [4.78, 5) is 26.0. The molecule has 1 fully saturated rings. The van der Waals surface area contributed by atoms with Crippen LogP contribution in [0.5, 0.6) is 0 Å². The van der Waals surface area contributed by atoms with E-state index in [0.29, 0.717) is 25.9 Å². The first-order valence-corrected chi connectivity index (χ1v) is 10.0. The van der Waals surface area contributed by atoms with Gasteiger partial charge in [-0.2, -0.15) is 0 Å². The zero-order valence-electron chi connectivity index (χ0n) is 14.9. The second-order valence-electron chi connectivity index (χ2n) is 6.76. The SMILES string of the molecule is O=CC1OC[C@@H](Cc2ccccc2)N1C(=O)CCc1csc2ccccc12. The van der Waals surface area contributed by atoms with Crippen molar-refractivity contribution in [1.82, 2.24) is 4.90 Å². The minimum Gasteiger partial charge on any atom is -0.349 e. The summed E-state index contributed by atoms with van der Waals surface area (Å²) in [6.45, 7) is 0.394. The van der Waals surface area contributed by atoms with Crippen molar-refractivity contribution < 1.29 is 14.3 Å². The number of aryl methyl sites for hydroxylation is 1. The van der Waals surface area contributed by atoms with Gasteiger partial charge in [0.25, 0.3) is 0 Å². The summed E-state index contributed by atoms with van der Waals surface area (Å²) in [5.74, 6) is -0.0270. The van der Waals surface area contributed by atoms with E-state index in [1.54, 1.807) is 16.2 Å². The zero-order chi connectivity index (χ0) is 18.6. The summed E-state index contributed by atoms with van der Waals surface area (Å²) < 4.78 is 6.80. The lowest BCUT2D eigenvalue weighted by Crippen LogP contribution is -2.43. The van der Waals surface area contributed by atoms with Gasteiger partial charge in [0.15, 0.2) is 12.5 Å². The van der Waals surface area contributed by atoms with Gasteiger partial charge in [-0.05, 0) is 40.8 Å². The fourth-order valence-electron chi connectivity index (χ4n) is 3.67. The van der Waals surface area contributed by atoms with E-state index in [0.717, 1.165) is 11.8 Å². The molecule has 2 aromatic carbocycles. The molecule has 1 aliphatic heterocycles. The van der Waals surface area contributed by atoms with Crippen LogP contribution in [0.1, 0.15) is 17.5 Å². The Kier molecular flexibility index (Phi) is 5.32. The van der Waals surface area contributed by atoms with Crippen LogP contribution in [0.2, 0.25) is 0 Å². The minimum atomic E-state index is -0.773. The van der Waals surface area contributed by atoms with E-state index < -0.39 is 6.23 Å². The average Bonchev–Trinajstić information content (AvgIpc) is 3.31. The molecule has 1 aliphatic rings. The molecule has 3 aromatic rings. The Morgan fingerprint density at radius 1 is 1.15 bits per heavy atom. The van der Waals surface area contributed by atoms with Crippen molar-refractivity contribution in [3.05, 3.63) is 71.1 Å². The summed E-state index contributed by atoms with van der Waals surface area (Å²) in [6, 6.07) is 18.1. The Hall–Kier alpha value is -2.50. The Morgan fingerprint density at radius 2 is 1.93 bits per heavy atom. The van der Waals surface area contributed by atoms with E-state index >= 15 is 0 Å². The van der Waals surface area contributed by atoms with Gasteiger partial charge >= 0.3 is 0 Å². The van der Waals surface area contributed by atoms with Gasteiger partial charge in [-0.15, -0.1) is 11.3 Å². The van der Waals surface area contributed by atoms with Crippen molar-refractivity contribution >= 4 is 33.6 Å². The molecule has 5 heteroatoms. The molecule has 0 saturated carbocycles. The second-order valence-corrected chi connectivity index (χ2v) is 7.67. The van der Waals surface area contributed by atoms with Gasteiger partial charge < -0.3 is 9.64 Å². The highest BCUT2D eigenvalue weighted by Gasteiger charge is 2.37. The van der Waals surface area contributed by atoms with E-state index in [2.05, 4.69) is 17.5 Å². The third-order valence-corrected chi connectivity index (χ3v) is 6.03. The number of carbonyl (C=O) groups excluding carboxylic acids is 2. The Labute approximate surface area is 162 Å². The van der Waals surface area contributed by atoms with Crippen molar-refractivity contribution in [3.8, 4) is 0 Å². The summed E-state index contributed by atoms with van der Waals surface area (Å²) >= 11 is 1.70. The quantitative estimate of drug-likeness (QED) is 0.612. The molecule has 4 nitrogen and oxygen atoms in total. The van der Waals surface area contributed by atoms with E-state index in [1.807, 2.05) is 42.5 Å². The van der Waals surface area contributed by atoms with Gasteiger partial charge in [0, 0.05) is 11.1 Å². The van der Waals surface area contributed by atoms with Crippen LogP contribution in [-0.4, -0.2) is 36.0 Å². The lowest BCUT2D eigenvalue weighted by Gasteiger charge is -2.25. The molecule has 0 radical (unpaired) electrons. The van der Waals surface area contributed by atoms with Crippen LogP contribution in [0.25, 0.3) is 10.1 Å². The fourth-order valence-corrected chi connectivity index (χ4v) is 4.67. The van der Waals surface area contributed by atoms with E-state index in [-0.39, 0.29) is 11.9 Å². The molecule has 1 aromatic heterocycles. The Bertz CT molecular complexity index is 937. The number of hydrogen-bond acceptors (Lipinski definition) is 4. The van der Waals surface area contributed by atoms with Crippen molar-refractivity contribution in [2.24, 2.45) is 0 Å². The van der Waals surface area contributed by atoms with Crippen LogP contribution in [0.15, 0.2) is 60.0 Å². The monoisotopic (exact) mass is 379 g/mol. The van der Waals surface area contributed by atoms with Gasteiger partial charge in [-0.3, -0.25) is 9.59 Å². The number of rotatable bonds is 6. The van der Waals surface area contributed by atoms with Crippen LogP contribution >= 0.6 is 11.3 Å². The average molecular weight is 379 g/mol. The molecule has 0 spiro atoms. The number of carbonyl (C=O) groups is 2. The number of benzene rings is 2. The first-order valence-electron chi connectivity index (χ1n) is 9.13. The number of aldehydes is 1. The van der Waals surface area contributed by atoms with Crippen LogP contribution in [0, 0.1) is 0 Å². The summed E-state index contributed by atoms with van der Waals surface area (Å²) in [6.07, 6.45) is 1.69. The van der Waals surface area contributed by atoms with Crippen LogP contribution in [0.4, 0.5) is 0 Å². The third-order valence-electron chi connectivity index (χ3n) is 5.01. The van der Waals surface area contributed by atoms with Crippen LogP contribution in [-0.2, 0) is 27.2 Å². The largest absolute Gasteiger partial charge is 0.349 e. The first kappa shape index (κ1) is 17.9. The van der Waals surface area contributed by atoms with Crippen molar-refractivity contribution in [2.75, 3.05) is 6.61 Å². The smallest absolute Gasteiger partial charge is 0.225 e. The highest BCUT2D eigenvalue weighted by Crippen LogP contribution is 2.27. The molecule has 1 saturated heterocycles. The molecule has 27 heavy (non-hydrogen) atoms. The normalized spacial score (nSPS) is 19.5. The molecule has 1 amide bonds. The third kappa shape index (κ3) is 3.80. The zero-order valence-corrected chi connectivity index (χ0v) is 15.7. The molecule has 0 bridgehead atoms. The molecular weight excluding hydrogens is 358 g/mol. The molecular formula is C22H21NO3S. The summed E-state index contributed by atoms with van der Waals surface area (Å²) in [5, 5.41) is 3.33. The molecule has 2 atom stereocenters. The predicted octanol–water partition coefficient (Wildman–Crippen LogP) is 3.83. The van der Waals surface area contributed by atoms with Gasteiger partial charge in [-0.25, -0.2) is 0 Å². The van der Waals surface area contributed by atoms with E-state index in [4.69, 9.17) is 4.74 Å². The van der Waals surface area contributed by atoms with Gasteiger partial charge in [0.2, 0.25) is 5.91 Å². The summed E-state index contributed by atoms with van der Waals surface area (Å²) in [7, 11) is 0. The Morgan fingerprint density at radius 3 is 2.74 bits per heavy atom. The maximum Gasteiger partial charge on any atom is 0.225 e. The maximum atomic E-state index is 12.9. The standard InChI is InChI=1S/C22H21NO3S/c24-13-22-23(18(14-26-22)12-16-6-2-1-3-7-16)21(25)11-10-17-15-27-20-9-5-4-8-19(17)20/h1-9,13,15,18,22H,10-12,14H2/t18-,22?/m1/s1. The first-order chi connectivity index (χ1) is 13.3. The van der Waals surface area contributed by atoms with E-state index in [1.165, 1.54) is 15.6 Å². The molecule has 4 rings (SSSR count). The molecule has 2 heterocycles. The highest BCUT2D eigenvalue weighted by atomic mass is 32.1. The molecule has 0 aliphatic carbocycles. The predicted molar refractivity (Wildman–Crippen MR) is 107 cm³/mol. The Balaban J connectivity index is 1.46. The van der Waals surface area contributed by atoms with Crippen molar-refractivity contribution in [1.29, 1.82) is 0 Å². The lowest BCUT2D eigenvalue weighted by atomic mass is 10.0. The van der Waals surface area contributed by atoms with Gasteiger partial charge in [-0.1, -0.05) is 48.5 Å². The number of ether oxygens (including phenoxy) is 1. The molecule has 138 valence electrons. The minimum absolute atomic E-state index is 0.0270. The topological polar surface area (TPSA) is 46.6 Å². The highest BCUT2D eigenvalue weighted by molar-refractivity contribution is 7.17. The van der Waals surface area contributed by atoms with Crippen molar-refractivity contribution in [2.45, 2.75) is 31.5 Å². The van der Waals surface area contributed by atoms with Gasteiger partial charge in [0.1, 0.15) is 0 Å².